The molecule has 0 unspecified atom stereocenters. The van der Waals surface area contributed by atoms with Gasteiger partial charge in [-0.15, -0.1) is 12.4 Å². The molecule has 1 aliphatic heterocycles. The van der Waals surface area contributed by atoms with Gasteiger partial charge in [-0.1, -0.05) is 0 Å². The molecule has 0 spiro atoms. The van der Waals surface area contributed by atoms with Crippen molar-refractivity contribution in [3.8, 4) is 0 Å². The quantitative estimate of drug-likeness (QED) is 0.528. The fourth-order valence-corrected chi connectivity index (χ4v) is 0.768. The first-order valence-corrected chi connectivity index (χ1v) is 3.03. The summed E-state index contributed by atoms with van der Waals surface area (Å²) in [6.45, 7) is 0.938. The van der Waals surface area contributed by atoms with Gasteiger partial charge in [-0.2, -0.15) is 0 Å². The molecular weight excluding hydrogens is 140 g/mol. The van der Waals surface area contributed by atoms with Gasteiger partial charge in [-0.25, -0.2) is 5.48 Å². The van der Waals surface area contributed by atoms with E-state index in [0.717, 1.165) is 13.0 Å². The smallest absolute Gasteiger partial charge is 0.127 e. The van der Waals surface area contributed by atoms with Gasteiger partial charge >= 0.3 is 0 Å². The van der Waals surface area contributed by atoms with Crippen molar-refractivity contribution in [2.75, 3.05) is 6.54 Å². The van der Waals surface area contributed by atoms with Gasteiger partial charge in [0.15, 0.2) is 0 Å². The lowest BCUT2D eigenvalue weighted by Gasteiger charge is -2.05. The van der Waals surface area contributed by atoms with Crippen molar-refractivity contribution < 1.29 is 4.84 Å². The van der Waals surface area contributed by atoms with E-state index in [9.17, 15) is 0 Å². The van der Waals surface area contributed by atoms with Crippen LogP contribution in [0.3, 0.4) is 0 Å². The largest absolute Gasteiger partial charge is 0.304 e. The number of hydrogen-bond acceptors (Lipinski definition) is 3. The Balaban J connectivity index is 0.000000640. The van der Waals surface area contributed by atoms with Crippen molar-refractivity contribution in [1.82, 2.24) is 5.48 Å². The van der Waals surface area contributed by atoms with Crippen molar-refractivity contribution in [3.63, 3.8) is 0 Å². The minimum Gasteiger partial charge on any atom is -0.304 e. The van der Waals surface area contributed by atoms with Gasteiger partial charge in [-0.05, 0) is 19.3 Å². The lowest BCUT2D eigenvalue weighted by molar-refractivity contribution is -0.0131. The van der Waals surface area contributed by atoms with E-state index in [1.54, 1.807) is 0 Å². The average Bonchev–Trinajstić information content (AvgIpc) is 1.94. The molecule has 0 aromatic heterocycles. The third-order valence-corrected chi connectivity index (χ3v) is 1.25. The van der Waals surface area contributed by atoms with Gasteiger partial charge in [-0.3, -0.25) is 4.84 Å². The second-order valence-electron chi connectivity index (χ2n) is 2.05. The van der Waals surface area contributed by atoms with Crippen LogP contribution in [-0.2, 0) is 4.84 Å². The van der Waals surface area contributed by atoms with Crippen LogP contribution >= 0.6 is 12.4 Å². The van der Waals surface area contributed by atoms with Gasteiger partial charge in [0.05, 0.1) is 0 Å². The van der Waals surface area contributed by atoms with Crippen LogP contribution in [0.15, 0.2) is 0 Å². The lowest BCUT2D eigenvalue weighted by atomic mass is 10.2. The summed E-state index contributed by atoms with van der Waals surface area (Å²) in [6.07, 6.45) is 3.24. The molecule has 1 atom stereocenters. The van der Waals surface area contributed by atoms with Crippen molar-refractivity contribution in [3.05, 3.63) is 0 Å². The second kappa shape index (κ2) is 4.99. The SMILES string of the molecule is Cl.N[C@@H]1CCCCNO1. The van der Waals surface area contributed by atoms with E-state index in [1.165, 1.54) is 12.8 Å². The molecular formula is C5H13ClN2O. The van der Waals surface area contributed by atoms with E-state index in [2.05, 4.69) is 5.48 Å². The molecule has 0 aromatic rings. The molecule has 4 heteroatoms. The number of halogens is 1. The molecule has 0 saturated carbocycles. The molecule has 3 N–H and O–H groups in total. The first-order chi connectivity index (χ1) is 3.89. The first-order valence-electron chi connectivity index (χ1n) is 3.03. The Morgan fingerprint density at radius 3 is 3.00 bits per heavy atom. The van der Waals surface area contributed by atoms with E-state index in [-0.39, 0.29) is 18.6 Å². The molecule has 1 aliphatic rings. The predicted molar refractivity (Wildman–Crippen MR) is 38.2 cm³/mol. The normalized spacial score (nSPS) is 28.3. The molecule has 1 heterocycles. The van der Waals surface area contributed by atoms with Gasteiger partial charge in [0, 0.05) is 6.54 Å². The fourth-order valence-electron chi connectivity index (χ4n) is 0.768. The summed E-state index contributed by atoms with van der Waals surface area (Å²) in [6, 6.07) is 0. The van der Waals surface area contributed by atoms with E-state index in [4.69, 9.17) is 10.6 Å². The zero-order valence-electron chi connectivity index (χ0n) is 5.30. The molecule has 0 radical (unpaired) electrons. The molecule has 1 rings (SSSR count). The zero-order chi connectivity index (χ0) is 5.82. The standard InChI is InChI=1S/C5H12N2O.ClH/c6-5-3-1-2-4-7-8-5;/h5,7H,1-4,6H2;1H/t5-;/m0./s1. The molecule has 1 fully saturated rings. The molecule has 0 amide bonds. The Hall–Kier alpha value is 0.170. The average molecular weight is 153 g/mol. The summed E-state index contributed by atoms with van der Waals surface area (Å²) in [5.41, 5.74) is 8.22. The van der Waals surface area contributed by atoms with Crippen LogP contribution in [0, 0.1) is 0 Å². The number of hydroxylamine groups is 1. The Kier molecular flexibility index (Phi) is 5.09. The summed E-state index contributed by atoms with van der Waals surface area (Å²) < 4.78 is 0. The number of hydrogen-bond donors (Lipinski definition) is 2. The van der Waals surface area contributed by atoms with Crippen molar-refractivity contribution in [2.45, 2.75) is 25.5 Å². The summed E-state index contributed by atoms with van der Waals surface area (Å²) in [4.78, 5) is 4.93. The highest BCUT2D eigenvalue weighted by Gasteiger charge is 2.05. The van der Waals surface area contributed by atoms with Crippen LogP contribution in [0.1, 0.15) is 19.3 Å². The van der Waals surface area contributed by atoms with Gasteiger partial charge in [0.2, 0.25) is 0 Å². The lowest BCUT2D eigenvalue weighted by Crippen LogP contribution is -2.28. The second-order valence-corrected chi connectivity index (χ2v) is 2.05. The number of nitrogens with two attached hydrogens (primary N) is 1. The van der Waals surface area contributed by atoms with Crippen molar-refractivity contribution >= 4 is 12.4 Å². The van der Waals surface area contributed by atoms with Crippen LogP contribution in [0.25, 0.3) is 0 Å². The highest BCUT2D eigenvalue weighted by Crippen LogP contribution is 2.01. The molecule has 3 nitrogen and oxygen atoms in total. The van der Waals surface area contributed by atoms with Crippen LogP contribution in [0.4, 0.5) is 0 Å². The molecule has 0 bridgehead atoms. The van der Waals surface area contributed by atoms with Crippen molar-refractivity contribution in [2.24, 2.45) is 5.73 Å². The number of nitrogens with one attached hydrogen (secondary N) is 1. The summed E-state index contributed by atoms with van der Waals surface area (Å²) in [5.74, 6) is 0. The maximum absolute atomic E-state index is 5.45. The predicted octanol–water partition coefficient (Wildman–Crippen LogP) is 0.398. The maximum Gasteiger partial charge on any atom is 0.127 e. The first kappa shape index (κ1) is 9.17. The van der Waals surface area contributed by atoms with E-state index in [0.29, 0.717) is 0 Å². The van der Waals surface area contributed by atoms with Crippen LogP contribution in [0.2, 0.25) is 0 Å². The molecule has 1 saturated heterocycles. The summed E-state index contributed by atoms with van der Waals surface area (Å²) >= 11 is 0. The Labute approximate surface area is 61.3 Å². The van der Waals surface area contributed by atoms with Crippen LogP contribution < -0.4 is 11.2 Å². The van der Waals surface area contributed by atoms with Gasteiger partial charge in [0.25, 0.3) is 0 Å². The Morgan fingerprint density at radius 1 is 1.44 bits per heavy atom. The highest BCUT2D eigenvalue weighted by atomic mass is 35.5. The molecule has 0 aliphatic carbocycles. The Morgan fingerprint density at radius 2 is 2.22 bits per heavy atom. The topological polar surface area (TPSA) is 47.3 Å². The van der Waals surface area contributed by atoms with E-state index in [1.807, 2.05) is 0 Å². The number of rotatable bonds is 0. The van der Waals surface area contributed by atoms with Gasteiger partial charge < -0.3 is 5.73 Å². The molecule has 0 aromatic carbocycles. The minimum atomic E-state index is -0.0856. The Bertz CT molecular complexity index is 64.0. The van der Waals surface area contributed by atoms with Crippen LogP contribution in [0.5, 0.6) is 0 Å². The summed E-state index contributed by atoms with van der Waals surface area (Å²) in [5, 5.41) is 0. The van der Waals surface area contributed by atoms with E-state index < -0.39 is 0 Å². The maximum atomic E-state index is 5.45. The van der Waals surface area contributed by atoms with Crippen LogP contribution in [-0.4, -0.2) is 12.8 Å². The monoisotopic (exact) mass is 152 g/mol. The third kappa shape index (κ3) is 3.70. The van der Waals surface area contributed by atoms with Gasteiger partial charge in [0.1, 0.15) is 6.23 Å². The highest BCUT2D eigenvalue weighted by molar-refractivity contribution is 5.85. The zero-order valence-corrected chi connectivity index (χ0v) is 6.12. The van der Waals surface area contributed by atoms with Crippen molar-refractivity contribution in [1.29, 1.82) is 0 Å². The van der Waals surface area contributed by atoms with E-state index >= 15 is 0 Å². The molecule has 56 valence electrons. The third-order valence-electron chi connectivity index (χ3n) is 1.25. The fraction of sp³-hybridized carbons (Fsp3) is 1.00. The minimum absolute atomic E-state index is 0. The molecule has 9 heavy (non-hydrogen) atoms. The summed E-state index contributed by atoms with van der Waals surface area (Å²) in [7, 11) is 0.